The number of nitrogens with one attached hydrogen (secondary N) is 2. The van der Waals surface area contributed by atoms with Crippen molar-refractivity contribution >= 4 is 35.0 Å². The summed E-state index contributed by atoms with van der Waals surface area (Å²) < 4.78 is 5.62. The number of aromatic carboxylic acids is 1. The number of hydrogen-bond acceptors (Lipinski definition) is 6. The number of hydrogen-bond donors (Lipinski definition) is 3. The first kappa shape index (κ1) is 28.9. The second-order valence-corrected chi connectivity index (χ2v) is 13.6. The topological polar surface area (TPSA) is 108 Å². The van der Waals surface area contributed by atoms with Crippen molar-refractivity contribution in [3.63, 3.8) is 0 Å². The first-order valence-corrected chi connectivity index (χ1v) is 15.2. The fourth-order valence-corrected chi connectivity index (χ4v) is 7.07. The normalized spacial score (nSPS) is 26.9. The number of anilines is 1. The van der Waals surface area contributed by atoms with E-state index in [1.807, 2.05) is 11.0 Å². The van der Waals surface area contributed by atoms with Gasteiger partial charge in [-0.25, -0.2) is 9.59 Å². The fourth-order valence-electron chi connectivity index (χ4n) is 6.03. The van der Waals surface area contributed by atoms with Crippen LogP contribution in [0.3, 0.4) is 0 Å². The lowest BCUT2D eigenvalue weighted by atomic mass is 9.81. The SMILES string of the molecule is CC(C)(C)c1cc(N(C(=O)[C@H]2CC[C@H](C)CC2)C2CCC(NC(=O)OC3CCNCC3)CC2)c(C(=O)O)s1. The van der Waals surface area contributed by atoms with Crippen LogP contribution in [0.1, 0.15) is 106 Å². The Kier molecular flexibility index (Phi) is 9.40. The van der Waals surface area contributed by atoms with Crippen molar-refractivity contribution in [3.05, 3.63) is 15.8 Å². The Morgan fingerprint density at radius 1 is 1.00 bits per heavy atom. The van der Waals surface area contributed by atoms with Gasteiger partial charge in [-0.05, 0) is 94.7 Å². The molecule has 1 aromatic rings. The summed E-state index contributed by atoms with van der Waals surface area (Å²) in [7, 11) is 0. The van der Waals surface area contributed by atoms with Crippen LogP contribution in [0.25, 0.3) is 0 Å². The second-order valence-electron chi connectivity index (χ2n) is 12.5. The molecule has 0 radical (unpaired) electrons. The fraction of sp³-hybridized carbons (Fsp3) is 0.759. The number of carbonyl (C=O) groups excluding carboxylic acids is 2. The molecule has 1 saturated heterocycles. The van der Waals surface area contributed by atoms with Crippen molar-refractivity contribution < 1.29 is 24.2 Å². The molecule has 0 unspecified atom stereocenters. The van der Waals surface area contributed by atoms with E-state index in [-0.39, 0.29) is 46.4 Å². The van der Waals surface area contributed by atoms with Gasteiger partial charge in [0.15, 0.2) is 0 Å². The van der Waals surface area contributed by atoms with Gasteiger partial charge in [-0.15, -0.1) is 11.3 Å². The molecule has 0 aromatic carbocycles. The van der Waals surface area contributed by atoms with Gasteiger partial charge in [0.05, 0.1) is 5.69 Å². The van der Waals surface area contributed by atoms with Crippen molar-refractivity contribution in [2.45, 2.75) is 116 Å². The highest BCUT2D eigenvalue weighted by molar-refractivity contribution is 7.14. The van der Waals surface area contributed by atoms with Crippen LogP contribution in [-0.2, 0) is 14.9 Å². The average Bonchev–Trinajstić information content (AvgIpc) is 3.32. The molecular formula is C29H45N3O5S. The van der Waals surface area contributed by atoms with Crippen LogP contribution in [0.2, 0.25) is 0 Å². The predicted molar refractivity (Wildman–Crippen MR) is 150 cm³/mol. The van der Waals surface area contributed by atoms with Crippen LogP contribution >= 0.6 is 11.3 Å². The van der Waals surface area contributed by atoms with Gasteiger partial charge in [0.2, 0.25) is 5.91 Å². The molecule has 2 saturated carbocycles. The van der Waals surface area contributed by atoms with E-state index in [0.717, 1.165) is 69.3 Å². The van der Waals surface area contributed by atoms with Crippen LogP contribution < -0.4 is 15.5 Å². The number of carbonyl (C=O) groups is 3. The van der Waals surface area contributed by atoms with E-state index < -0.39 is 5.97 Å². The van der Waals surface area contributed by atoms with Crippen LogP contribution in [0.4, 0.5) is 10.5 Å². The van der Waals surface area contributed by atoms with Gasteiger partial charge in [-0.3, -0.25) is 4.79 Å². The zero-order valence-electron chi connectivity index (χ0n) is 23.4. The summed E-state index contributed by atoms with van der Waals surface area (Å²) in [5.74, 6) is -0.352. The van der Waals surface area contributed by atoms with Gasteiger partial charge in [0.25, 0.3) is 0 Å². The highest BCUT2D eigenvalue weighted by Gasteiger charge is 2.38. The number of carboxylic acid groups (broad SMARTS) is 1. The molecule has 0 atom stereocenters. The molecular weight excluding hydrogens is 502 g/mol. The molecule has 3 N–H and O–H groups in total. The van der Waals surface area contributed by atoms with Gasteiger partial charge in [0, 0.05) is 22.9 Å². The van der Waals surface area contributed by atoms with E-state index in [4.69, 9.17) is 4.74 Å². The number of amides is 2. The predicted octanol–water partition coefficient (Wildman–Crippen LogP) is 5.69. The van der Waals surface area contributed by atoms with E-state index >= 15 is 0 Å². The molecule has 2 amide bonds. The van der Waals surface area contributed by atoms with Crippen molar-refractivity contribution in [1.82, 2.24) is 10.6 Å². The van der Waals surface area contributed by atoms with Crippen LogP contribution in [0, 0.1) is 11.8 Å². The number of nitrogens with zero attached hydrogens (tertiary/aromatic N) is 1. The Bertz CT molecular complexity index is 981. The molecule has 2 aliphatic carbocycles. The second kappa shape index (κ2) is 12.4. The molecule has 212 valence electrons. The Labute approximate surface area is 230 Å². The number of rotatable bonds is 6. The standard InChI is InChI=1S/C29H45N3O5S/c1-18-5-7-19(8-6-18)26(33)32(23-17-24(29(2,3)4)38-25(23)27(34)35)21-11-9-20(10-12-21)31-28(36)37-22-13-15-30-16-14-22/h17-22,30H,5-16H2,1-4H3,(H,31,36)(H,34,35)/t18-,19-,20?,21?. The quantitative estimate of drug-likeness (QED) is 0.422. The minimum absolute atomic E-state index is 0.000460. The van der Waals surface area contributed by atoms with Gasteiger partial charge in [-0.2, -0.15) is 0 Å². The Hall–Kier alpha value is -2.13. The summed E-state index contributed by atoms with van der Waals surface area (Å²) in [5.41, 5.74) is 0.344. The van der Waals surface area contributed by atoms with Gasteiger partial charge in [0.1, 0.15) is 11.0 Å². The molecule has 1 aliphatic heterocycles. The Morgan fingerprint density at radius 3 is 2.21 bits per heavy atom. The molecule has 3 aliphatic rings. The smallest absolute Gasteiger partial charge is 0.407 e. The summed E-state index contributed by atoms with van der Waals surface area (Å²) >= 11 is 1.29. The van der Waals surface area contributed by atoms with Crippen LogP contribution in [0.5, 0.6) is 0 Å². The lowest BCUT2D eigenvalue weighted by Gasteiger charge is -2.39. The number of thiophene rings is 1. The maximum absolute atomic E-state index is 14.1. The average molecular weight is 548 g/mol. The summed E-state index contributed by atoms with van der Waals surface area (Å²) in [6, 6.07) is 1.86. The zero-order valence-corrected chi connectivity index (χ0v) is 24.2. The van der Waals surface area contributed by atoms with E-state index in [9.17, 15) is 19.5 Å². The lowest BCUT2D eigenvalue weighted by Crippen LogP contribution is -2.49. The first-order valence-electron chi connectivity index (χ1n) is 14.4. The minimum atomic E-state index is -0.980. The molecule has 0 spiro atoms. The lowest BCUT2D eigenvalue weighted by molar-refractivity contribution is -0.124. The maximum Gasteiger partial charge on any atom is 0.407 e. The number of alkyl carbamates (subject to hydrolysis) is 1. The largest absolute Gasteiger partial charge is 0.477 e. The monoisotopic (exact) mass is 547 g/mol. The third-order valence-corrected chi connectivity index (χ3v) is 9.99. The molecule has 2 heterocycles. The molecule has 3 fully saturated rings. The van der Waals surface area contributed by atoms with Crippen molar-refractivity contribution in [2.75, 3.05) is 18.0 Å². The number of ether oxygens (including phenoxy) is 1. The highest BCUT2D eigenvalue weighted by atomic mass is 32.1. The maximum atomic E-state index is 14.1. The summed E-state index contributed by atoms with van der Waals surface area (Å²) in [6.07, 6.45) is 7.94. The summed E-state index contributed by atoms with van der Waals surface area (Å²) in [5, 5.41) is 16.4. The summed E-state index contributed by atoms with van der Waals surface area (Å²) in [4.78, 5) is 42.0. The van der Waals surface area contributed by atoms with Crippen LogP contribution in [-0.4, -0.2) is 54.4 Å². The van der Waals surface area contributed by atoms with Gasteiger partial charge in [-0.1, -0.05) is 27.7 Å². The Morgan fingerprint density at radius 2 is 1.63 bits per heavy atom. The third-order valence-electron chi connectivity index (χ3n) is 8.45. The van der Waals surface area contributed by atoms with Gasteiger partial charge >= 0.3 is 12.1 Å². The number of piperidine rings is 1. The molecule has 8 nitrogen and oxygen atoms in total. The highest BCUT2D eigenvalue weighted by Crippen LogP contribution is 2.41. The van der Waals surface area contributed by atoms with E-state index in [1.54, 1.807) is 0 Å². The van der Waals surface area contributed by atoms with E-state index in [2.05, 4.69) is 38.3 Å². The molecule has 9 heteroatoms. The van der Waals surface area contributed by atoms with Crippen LogP contribution in [0.15, 0.2) is 6.07 Å². The first-order chi connectivity index (χ1) is 18.0. The zero-order chi connectivity index (χ0) is 27.4. The number of carboxylic acids is 1. The third kappa shape index (κ3) is 7.08. The summed E-state index contributed by atoms with van der Waals surface area (Å²) in [6.45, 7) is 10.2. The Balaban J connectivity index is 1.50. The molecule has 0 bridgehead atoms. The van der Waals surface area contributed by atoms with E-state index in [1.165, 1.54) is 11.3 Å². The van der Waals surface area contributed by atoms with Crippen molar-refractivity contribution in [3.8, 4) is 0 Å². The van der Waals surface area contributed by atoms with E-state index in [0.29, 0.717) is 24.4 Å². The molecule has 38 heavy (non-hydrogen) atoms. The van der Waals surface area contributed by atoms with Crippen molar-refractivity contribution in [2.24, 2.45) is 11.8 Å². The minimum Gasteiger partial charge on any atom is -0.477 e. The van der Waals surface area contributed by atoms with Crippen molar-refractivity contribution in [1.29, 1.82) is 0 Å². The molecule has 1 aromatic heterocycles. The van der Waals surface area contributed by atoms with Gasteiger partial charge < -0.3 is 25.4 Å². The molecule has 4 rings (SSSR count).